The maximum Gasteiger partial charge on any atom is 0.303 e. The van der Waals surface area contributed by atoms with Crippen LogP contribution in [0.3, 0.4) is 0 Å². The normalized spacial score (nSPS) is 19.5. The summed E-state index contributed by atoms with van der Waals surface area (Å²) in [5.74, 6) is 0.394. The summed E-state index contributed by atoms with van der Waals surface area (Å²) in [6.07, 6.45) is 8.38. The smallest absolute Gasteiger partial charge is 0.303 e. The summed E-state index contributed by atoms with van der Waals surface area (Å²) in [7, 11) is 0. The van der Waals surface area contributed by atoms with E-state index in [1.807, 2.05) is 17.0 Å². The molecule has 0 bridgehead atoms. The summed E-state index contributed by atoms with van der Waals surface area (Å²) in [6.45, 7) is 3.34. The number of aliphatic carboxylic acids is 1. The van der Waals surface area contributed by atoms with Gasteiger partial charge >= 0.3 is 5.97 Å². The number of amides is 1. The molecule has 1 aromatic heterocycles. The van der Waals surface area contributed by atoms with Gasteiger partial charge in [0.1, 0.15) is 5.82 Å². The van der Waals surface area contributed by atoms with Crippen LogP contribution in [-0.4, -0.2) is 53.0 Å². The fourth-order valence-corrected chi connectivity index (χ4v) is 3.77. The van der Waals surface area contributed by atoms with E-state index in [-0.39, 0.29) is 18.2 Å². The van der Waals surface area contributed by atoms with Crippen molar-refractivity contribution in [3.05, 3.63) is 23.9 Å². The molecule has 1 N–H and O–H groups in total. The molecule has 2 fully saturated rings. The Labute approximate surface area is 148 Å². The van der Waals surface area contributed by atoms with Crippen molar-refractivity contribution >= 4 is 17.7 Å². The first-order valence-electron chi connectivity index (χ1n) is 9.35. The van der Waals surface area contributed by atoms with E-state index in [0.29, 0.717) is 18.7 Å². The van der Waals surface area contributed by atoms with Crippen LogP contribution in [0.2, 0.25) is 0 Å². The third-order valence-electron chi connectivity index (χ3n) is 5.29. The largest absolute Gasteiger partial charge is 0.481 e. The molecule has 1 aromatic rings. The lowest BCUT2D eigenvalue weighted by Crippen LogP contribution is -2.39. The summed E-state index contributed by atoms with van der Waals surface area (Å²) in [5.41, 5.74) is 0.621. The summed E-state index contributed by atoms with van der Waals surface area (Å²) in [5, 5.41) is 8.88. The van der Waals surface area contributed by atoms with Crippen LogP contribution in [0.15, 0.2) is 18.3 Å². The first-order valence-corrected chi connectivity index (χ1v) is 9.35. The van der Waals surface area contributed by atoms with Crippen LogP contribution in [0.25, 0.3) is 0 Å². The lowest BCUT2D eigenvalue weighted by molar-refractivity contribution is -0.138. The second-order valence-electron chi connectivity index (χ2n) is 7.14. The molecule has 0 unspecified atom stereocenters. The monoisotopic (exact) mass is 345 g/mol. The molecule has 2 aliphatic rings. The summed E-state index contributed by atoms with van der Waals surface area (Å²) in [4.78, 5) is 32.1. The van der Waals surface area contributed by atoms with Crippen molar-refractivity contribution < 1.29 is 14.7 Å². The zero-order valence-corrected chi connectivity index (χ0v) is 14.7. The third kappa shape index (κ3) is 4.71. The minimum Gasteiger partial charge on any atom is -0.481 e. The Balaban J connectivity index is 1.57. The van der Waals surface area contributed by atoms with Crippen molar-refractivity contribution in [1.82, 2.24) is 9.88 Å². The molecule has 0 atom stereocenters. The van der Waals surface area contributed by atoms with Gasteiger partial charge in [0, 0.05) is 38.8 Å². The number of anilines is 1. The molecular formula is C19H27N3O3. The number of hydrogen-bond donors (Lipinski definition) is 1. The molecule has 0 radical (unpaired) electrons. The van der Waals surface area contributed by atoms with Crippen molar-refractivity contribution in [2.75, 3.05) is 31.1 Å². The maximum atomic E-state index is 12.6. The van der Waals surface area contributed by atoms with Gasteiger partial charge in [-0.2, -0.15) is 0 Å². The number of piperidine rings is 1. The Hall–Kier alpha value is -2.11. The molecule has 0 saturated carbocycles. The Morgan fingerprint density at radius 3 is 2.28 bits per heavy atom. The number of likely N-dealkylation sites (tertiary alicyclic amines) is 1. The highest BCUT2D eigenvalue weighted by atomic mass is 16.4. The third-order valence-corrected chi connectivity index (χ3v) is 5.29. The van der Waals surface area contributed by atoms with E-state index < -0.39 is 5.97 Å². The van der Waals surface area contributed by atoms with Gasteiger partial charge in [0.05, 0.1) is 5.56 Å². The van der Waals surface area contributed by atoms with Gasteiger partial charge in [-0.05, 0) is 43.7 Å². The number of carboxylic acid groups (broad SMARTS) is 1. The highest BCUT2D eigenvalue weighted by molar-refractivity contribution is 5.94. The molecule has 1 amide bonds. The van der Waals surface area contributed by atoms with Gasteiger partial charge in [-0.1, -0.05) is 12.8 Å². The van der Waals surface area contributed by atoms with Crippen molar-refractivity contribution in [3.8, 4) is 0 Å². The fraction of sp³-hybridized carbons (Fsp3) is 0.632. The van der Waals surface area contributed by atoms with E-state index in [0.717, 1.165) is 31.7 Å². The molecule has 6 heteroatoms. The second kappa shape index (κ2) is 8.32. The Morgan fingerprint density at radius 1 is 1.04 bits per heavy atom. The van der Waals surface area contributed by atoms with Crippen LogP contribution in [0, 0.1) is 5.92 Å². The second-order valence-corrected chi connectivity index (χ2v) is 7.14. The average molecular weight is 345 g/mol. The number of carboxylic acids is 1. The van der Waals surface area contributed by atoms with Gasteiger partial charge in [-0.15, -0.1) is 0 Å². The molecule has 136 valence electrons. The Bertz CT molecular complexity index is 586. The van der Waals surface area contributed by atoms with Gasteiger partial charge in [-0.25, -0.2) is 4.98 Å². The summed E-state index contributed by atoms with van der Waals surface area (Å²) in [6, 6.07) is 3.83. The molecule has 0 aliphatic carbocycles. The predicted molar refractivity (Wildman–Crippen MR) is 95.8 cm³/mol. The van der Waals surface area contributed by atoms with Gasteiger partial charge in [0.2, 0.25) is 0 Å². The zero-order chi connectivity index (χ0) is 17.6. The number of pyridine rings is 1. The van der Waals surface area contributed by atoms with Gasteiger partial charge in [0.25, 0.3) is 5.91 Å². The number of rotatable bonds is 4. The van der Waals surface area contributed by atoms with E-state index in [1.165, 1.54) is 25.7 Å². The van der Waals surface area contributed by atoms with Crippen LogP contribution in [-0.2, 0) is 4.79 Å². The Kier molecular flexibility index (Phi) is 5.89. The van der Waals surface area contributed by atoms with Gasteiger partial charge in [-0.3, -0.25) is 9.59 Å². The van der Waals surface area contributed by atoms with E-state index in [2.05, 4.69) is 9.88 Å². The van der Waals surface area contributed by atoms with Crippen molar-refractivity contribution in [2.45, 2.75) is 44.9 Å². The predicted octanol–water partition coefficient (Wildman–Crippen LogP) is 2.79. The molecule has 2 aliphatic heterocycles. The van der Waals surface area contributed by atoms with Crippen LogP contribution >= 0.6 is 0 Å². The van der Waals surface area contributed by atoms with Crippen LogP contribution in [0.5, 0.6) is 0 Å². The minimum atomic E-state index is -0.752. The van der Waals surface area contributed by atoms with E-state index in [1.54, 1.807) is 6.20 Å². The number of hydrogen-bond acceptors (Lipinski definition) is 4. The maximum absolute atomic E-state index is 12.6. The van der Waals surface area contributed by atoms with Crippen LogP contribution in [0.4, 0.5) is 5.82 Å². The van der Waals surface area contributed by atoms with E-state index in [4.69, 9.17) is 5.11 Å². The molecule has 6 nitrogen and oxygen atoms in total. The molecule has 25 heavy (non-hydrogen) atoms. The number of aromatic nitrogens is 1. The SMILES string of the molecule is O=C(O)CC1CCN(C(=O)c2ccc(N3CCCCCC3)nc2)CC1. The number of carbonyl (C=O) groups excluding carboxylic acids is 1. The molecule has 3 heterocycles. The van der Waals surface area contributed by atoms with Crippen LogP contribution < -0.4 is 4.90 Å². The van der Waals surface area contributed by atoms with Crippen molar-refractivity contribution in [1.29, 1.82) is 0 Å². The minimum absolute atomic E-state index is 0.00342. The first kappa shape index (κ1) is 17.7. The summed E-state index contributed by atoms with van der Waals surface area (Å²) < 4.78 is 0. The van der Waals surface area contributed by atoms with E-state index >= 15 is 0 Å². The average Bonchev–Trinajstić information content (AvgIpc) is 2.91. The van der Waals surface area contributed by atoms with Gasteiger partial charge < -0.3 is 14.9 Å². The fourth-order valence-electron chi connectivity index (χ4n) is 3.77. The molecule has 3 rings (SSSR count). The standard InChI is InChI=1S/C19H27N3O3/c23-18(24)13-15-7-11-22(12-8-15)19(25)16-5-6-17(20-14-16)21-9-3-1-2-4-10-21/h5-6,14-15H,1-4,7-13H2,(H,23,24). The quantitative estimate of drug-likeness (QED) is 0.908. The topological polar surface area (TPSA) is 73.7 Å². The first-order chi connectivity index (χ1) is 12.1. The van der Waals surface area contributed by atoms with Crippen LogP contribution in [0.1, 0.15) is 55.3 Å². The highest BCUT2D eigenvalue weighted by Gasteiger charge is 2.25. The summed E-state index contributed by atoms with van der Waals surface area (Å²) >= 11 is 0. The van der Waals surface area contributed by atoms with E-state index in [9.17, 15) is 9.59 Å². The molecule has 0 spiro atoms. The van der Waals surface area contributed by atoms with Gasteiger partial charge in [0.15, 0.2) is 0 Å². The molecule has 2 saturated heterocycles. The van der Waals surface area contributed by atoms with Crippen molar-refractivity contribution in [2.24, 2.45) is 5.92 Å². The lowest BCUT2D eigenvalue weighted by atomic mass is 9.93. The number of carbonyl (C=O) groups is 2. The molecule has 0 aromatic carbocycles. The lowest BCUT2D eigenvalue weighted by Gasteiger charge is -2.31. The zero-order valence-electron chi connectivity index (χ0n) is 14.7. The van der Waals surface area contributed by atoms with Crippen molar-refractivity contribution in [3.63, 3.8) is 0 Å². The highest BCUT2D eigenvalue weighted by Crippen LogP contribution is 2.22. The molecular weight excluding hydrogens is 318 g/mol. The number of nitrogens with zero attached hydrogens (tertiary/aromatic N) is 3. The Morgan fingerprint density at radius 2 is 1.72 bits per heavy atom.